The van der Waals surface area contributed by atoms with E-state index in [1.807, 2.05) is 0 Å². The number of rotatable bonds is 9. The van der Waals surface area contributed by atoms with E-state index in [1.54, 1.807) is 0 Å². The second-order valence-electron chi connectivity index (χ2n) is 4.08. The van der Waals surface area contributed by atoms with Gasteiger partial charge in [0.2, 0.25) is 11.8 Å². The maximum absolute atomic E-state index is 11.8. The van der Waals surface area contributed by atoms with Gasteiger partial charge in [-0.2, -0.15) is 12.6 Å². The van der Waals surface area contributed by atoms with Crippen LogP contribution in [0.2, 0.25) is 0 Å². The summed E-state index contributed by atoms with van der Waals surface area (Å²) in [5.41, 5.74) is 10.5. The predicted molar refractivity (Wildman–Crippen MR) is 74.6 cm³/mol. The summed E-state index contributed by atoms with van der Waals surface area (Å²) in [7, 11) is 0. The predicted octanol–water partition coefficient (Wildman–Crippen LogP) is -3.27. The second-order valence-corrected chi connectivity index (χ2v) is 4.45. The second kappa shape index (κ2) is 9.15. The number of carbonyl (C=O) groups is 4. The average molecular weight is 322 g/mol. The van der Waals surface area contributed by atoms with Crippen molar-refractivity contribution in [3.05, 3.63) is 0 Å². The van der Waals surface area contributed by atoms with Crippen LogP contribution >= 0.6 is 12.6 Å². The largest absolute Gasteiger partial charge is 0.481 e. The monoisotopic (exact) mass is 322 g/mol. The van der Waals surface area contributed by atoms with E-state index in [4.69, 9.17) is 21.7 Å². The topological polar surface area (TPSA) is 185 Å². The highest BCUT2D eigenvalue weighted by Gasteiger charge is 2.28. The molecule has 0 aliphatic carbocycles. The molecule has 0 bridgehead atoms. The summed E-state index contributed by atoms with van der Waals surface area (Å²) in [6.07, 6.45) is -0.728. The van der Waals surface area contributed by atoms with Crippen molar-refractivity contribution in [3.63, 3.8) is 0 Å². The molecule has 0 unspecified atom stereocenters. The minimum atomic E-state index is -1.46. The van der Waals surface area contributed by atoms with Gasteiger partial charge < -0.3 is 32.3 Å². The summed E-state index contributed by atoms with van der Waals surface area (Å²) in [5.74, 6) is -4.66. The zero-order valence-electron chi connectivity index (χ0n) is 11.0. The van der Waals surface area contributed by atoms with Crippen molar-refractivity contribution in [2.24, 2.45) is 11.5 Å². The number of carboxylic acids is 2. The highest BCUT2D eigenvalue weighted by molar-refractivity contribution is 7.80. The van der Waals surface area contributed by atoms with Crippen molar-refractivity contribution in [3.8, 4) is 0 Å². The van der Waals surface area contributed by atoms with E-state index in [2.05, 4.69) is 23.3 Å². The number of carboxylic acid groups (broad SMARTS) is 2. The van der Waals surface area contributed by atoms with E-state index < -0.39 is 48.3 Å². The Bertz CT molecular complexity index is 418. The van der Waals surface area contributed by atoms with Gasteiger partial charge in [0.1, 0.15) is 12.1 Å². The van der Waals surface area contributed by atoms with Crippen LogP contribution in [0.25, 0.3) is 0 Å². The number of nitrogens with two attached hydrogens (primary N) is 2. The molecule has 0 aromatic rings. The molecule has 0 aliphatic heterocycles. The molecule has 120 valence electrons. The Morgan fingerprint density at radius 2 is 1.57 bits per heavy atom. The summed E-state index contributed by atoms with van der Waals surface area (Å²) < 4.78 is 0. The number of amides is 2. The molecule has 11 heteroatoms. The molecule has 0 aromatic carbocycles. The first-order valence-corrected chi connectivity index (χ1v) is 6.48. The van der Waals surface area contributed by atoms with E-state index in [9.17, 15) is 19.2 Å². The fourth-order valence-corrected chi connectivity index (χ4v) is 1.47. The molecular formula is C10H18N4O6S. The van der Waals surface area contributed by atoms with Crippen LogP contribution < -0.4 is 22.1 Å². The van der Waals surface area contributed by atoms with Crippen molar-refractivity contribution in [2.75, 3.05) is 12.3 Å². The summed E-state index contributed by atoms with van der Waals surface area (Å²) in [6.45, 7) is -0.193. The van der Waals surface area contributed by atoms with Crippen molar-refractivity contribution in [2.45, 2.75) is 24.5 Å². The lowest BCUT2D eigenvalue weighted by Gasteiger charge is -2.20. The number of aliphatic carboxylic acids is 2. The number of hydrogen-bond donors (Lipinski definition) is 7. The van der Waals surface area contributed by atoms with Gasteiger partial charge in [0, 0.05) is 12.3 Å². The normalized spacial score (nSPS) is 14.6. The van der Waals surface area contributed by atoms with Crippen LogP contribution in [0.3, 0.4) is 0 Å². The fourth-order valence-electron chi connectivity index (χ4n) is 1.23. The summed E-state index contributed by atoms with van der Waals surface area (Å²) in [5, 5.41) is 21.7. The van der Waals surface area contributed by atoms with E-state index in [0.717, 1.165) is 0 Å². The SMILES string of the molecule is NC[C@H](N)C(=O)N[C@@H](CC(=O)O)C(=O)N[C@@H](CS)C(=O)O. The number of hydrogen-bond acceptors (Lipinski definition) is 7. The lowest BCUT2D eigenvalue weighted by molar-refractivity contribution is -0.142. The van der Waals surface area contributed by atoms with Crippen molar-refractivity contribution in [1.29, 1.82) is 0 Å². The Kier molecular flexibility index (Phi) is 8.35. The Morgan fingerprint density at radius 1 is 1.05 bits per heavy atom. The van der Waals surface area contributed by atoms with Gasteiger partial charge in [-0.15, -0.1) is 0 Å². The lowest BCUT2D eigenvalue weighted by Crippen LogP contribution is -2.56. The van der Waals surface area contributed by atoms with Crippen LogP contribution in [-0.4, -0.2) is 64.4 Å². The fraction of sp³-hybridized carbons (Fsp3) is 0.600. The number of carbonyl (C=O) groups excluding carboxylic acids is 2. The van der Waals surface area contributed by atoms with Gasteiger partial charge in [-0.25, -0.2) is 4.79 Å². The highest BCUT2D eigenvalue weighted by atomic mass is 32.1. The molecule has 10 nitrogen and oxygen atoms in total. The van der Waals surface area contributed by atoms with Gasteiger partial charge >= 0.3 is 11.9 Å². The molecule has 2 amide bonds. The summed E-state index contributed by atoms with van der Waals surface area (Å²) >= 11 is 3.75. The first-order valence-electron chi connectivity index (χ1n) is 5.84. The quantitative estimate of drug-likeness (QED) is 0.215. The summed E-state index contributed by atoms with van der Waals surface area (Å²) in [4.78, 5) is 44.9. The molecule has 21 heavy (non-hydrogen) atoms. The molecule has 0 radical (unpaired) electrons. The van der Waals surface area contributed by atoms with Crippen LogP contribution in [0.15, 0.2) is 0 Å². The third-order valence-electron chi connectivity index (χ3n) is 2.40. The maximum Gasteiger partial charge on any atom is 0.327 e. The Hall–Kier alpha value is -1.85. The Balaban J connectivity index is 4.88. The molecule has 8 N–H and O–H groups in total. The maximum atomic E-state index is 11.8. The van der Waals surface area contributed by atoms with Crippen LogP contribution in [0.1, 0.15) is 6.42 Å². The first-order chi connectivity index (χ1) is 9.72. The van der Waals surface area contributed by atoms with Crippen LogP contribution in [-0.2, 0) is 19.2 Å². The molecular weight excluding hydrogens is 304 g/mol. The number of thiol groups is 1. The smallest absolute Gasteiger partial charge is 0.327 e. The summed E-state index contributed by atoms with van der Waals surface area (Å²) in [6, 6.07) is -3.87. The molecule has 0 aliphatic rings. The molecule has 0 heterocycles. The molecule has 3 atom stereocenters. The van der Waals surface area contributed by atoms with E-state index in [0.29, 0.717) is 0 Å². The minimum absolute atomic E-state index is 0.193. The Morgan fingerprint density at radius 3 is 1.95 bits per heavy atom. The van der Waals surface area contributed by atoms with Crippen LogP contribution in [0, 0.1) is 0 Å². The lowest BCUT2D eigenvalue weighted by atomic mass is 10.1. The van der Waals surface area contributed by atoms with E-state index >= 15 is 0 Å². The van der Waals surface area contributed by atoms with Gasteiger partial charge in [0.05, 0.1) is 12.5 Å². The standard InChI is InChI=1S/C10H18N4O6S/c11-2-4(12)8(17)13-5(1-7(15)16)9(18)14-6(3-21)10(19)20/h4-6,21H,1-3,11-12H2,(H,13,17)(H,14,18)(H,15,16)(H,19,20)/t4-,5-,6-/m0/s1. The van der Waals surface area contributed by atoms with Gasteiger partial charge in [-0.05, 0) is 0 Å². The molecule has 0 rings (SSSR count). The highest BCUT2D eigenvalue weighted by Crippen LogP contribution is 1.97. The van der Waals surface area contributed by atoms with Gasteiger partial charge in [-0.1, -0.05) is 0 Å². The zero-order valence-corrected chi connectivity index (χ0v) is 11.9. The minimum Gasteiger partial charge on any atom is -0.481 e. The van der Waals surface area contributed by atoms with Gasteiger partial charge in [0.15, 0.2) is 0 Å². The van der Waals surface area contributed by atoms with E-state index in [-0.39, 0.29) is 12.3 Å². The van der Waals surface area contributed by atoms with Crippen LogP contribution in [0.5, 0.6) is 0 Å². The third-order valence-corrected chi connectivity index (χ3v) is 2.76. The van der Waals surface area contributed by atoms with Crippen molar-refractivity contribution < 1.29 is 29.4 Å². The van der Waals surface area contributed by atoms with E-state index in [1.165, 1.54) is 0 Å². The third kappa shape index (κ3) is 6.92. The zero-order chi connectivity index (χ0) is 16.6. The van der Waals surface area contributed by atoms with Crippen LogP contribution in [0.4, 0.5) is 0 Å². The van der Waals surface area contributed by atoms with Gasteiger partial charge in [-0.3, -0.25) is 14.4 Å². The molecule has 0 saturated heterocycles. The number of nitrogens with one attached hydrogen (secondary N) is 2. The van der Waals surface area contributed by atoms with Crippen molar-refractivity contribution in [1.82, 2.24) is 10.6 Å². The molecule has 0 spiro atoms. The van der Waals surface area contributed by atoms with Gasteiger partial charge in [0.25, 0.3) is 0 Å². The molecule has 0 saturated carbocycles. The Labute approximate surface area is 125 Å². The average Bonchev–Trinajstić information content (AvgIpc) is 2.41. The molecule has 0 aromatic heterocycles. The molecule has 0 fully saturated rings. The van der Waals surface area contributed by atoms with Crippen molar-refractivity contribution >= 4 is 36.4 Å². The first kappa shape index (κ1) is 19.1.